The Hall–Kier alpha value is -2.29. The number of rotatable bonds is 2. The molecule has 3 rings (SSSR count). The summed E-state index contributed by atoms with van der Waals surface area (Å²) >= 11 is 0. The molecule has 0 amide bonds. The van der Waals surface area contributed by atoms with Gasteiger partial charge < -0.3 is 4.98 Å². The minimum Gasteiger partial charge on any atom is -0.306 e. The fourth-order valence-corrected chi connectivity index (χ4v) is 2.30. The maximum atomic E-state index is 12.0. The molecule has 2 aromatic carbocycles. The zero-order valence-corrected chi connectivity index (χ0v) is 11.1. The van der Waals surface area contributed by atoms with Gasteiger partial charge in [0.05, 0.1) is 17.6 Å². The summed E-state index contributed by atoms with van der Waals surface area (Å²) in [5, 5.41) is 0. The van der Waals surface area contributed by atoms with Crippen molar-refractivity contribution in [2.24, 2.45) is 0 Å². The molecule has 0 bridgehead atoms. The van der Waals surface area contributed by atoms with Gasteiger partial charge in [0.1, 0.15) is 0 Å². The van der Waals surface area contributed by atoms with Crippen LogP contribution in [0.3, 0.4) is 0 Å². The van der Waals surface area contributed by atoms with Crippen LogP contribution in [-0.2, 0) is 6.54 Å². The van der Waals surface area contributed by atoms with Gasteiger partial charge in [-0.3, -0.25) is 4.57 Å². The van der Waals surface area contributed by atoms with Crippen molar-refractivity contribution in [1.82, 2.24) is 9.55 Å². The lowest BCUT2D eigenvalue weighted by molar-refractivity contribution is 0.786. The lowest BCUT2D eigenvalue weighted by atomic mass is 10.1. The van der Waals surface area contributed by atoms with E-state index in [0.29, 0.717) is 6.54 Å². The minimum atomic E-state index is -0.0545. The van der Waals surface area contributed by atoms with Crippen LogP contribution in [0.15, 0.2) is 47.3 Å². The zero-order chi connectivity index (χ0) is 13.4. The molecule has 3 aromatic rings. The van der Waals surface area contributed by atoms with Gasteiger partial charge in [-0.15, -0.1) is 0 Å². The maximum absolute atomic E-state index is 12.0. The number of benzene rings is 2. The Bertz CT molecular complexity index is 779. The van der Waals surface area contributed by atoms with Crippen molar-refractivity contribution in [3.05, 3.63) is 69.6 Å². The van der Waals surface area contributed by atoms with Crippen molar-refractivity contribution in [2.75, 3.05) is 0 Å². The molecule has 0 saturated heterocycles. The highest BCUT2D eigenvalue weighted by Gasteiger charge is 2.07. The molecule has 0 fully saturated rings. The van der Waals surface area contributed by atoms with E-state index in [1.165, 1.54) is 5.56 Å². The molecule has 0 spiro atoms. The van der Waals surface area contributed by atoms with Gasteiger partial charge in [0.2, 0.25) is 0 Å². The van der Waals surface area contributed by atoms with Crippen LogP contribution in [0.5, 0.6) is 0 Å². The maximum Gasteiger partial charge on any atom is 0.326 e. The summed E-state index contributed by atoms with van der Waals surface area (Å²) < 4.78 is 1.78. The molecule has 0 atom stereocenters. The fraction of sp³-hybridized carbons (Fsp3) is 0.188. The van der Waals surface area contributed by atoms with Gasteiger partial charge >= 0.3 is 5.69 Å². The molecule has 19 heavy (non-hydrogen) atoms. The average Bonchev–Trinajstić information content (AvgIpc) is 2.69. The van der Waals surface area contributed by atoms with Crippen molar-refractivity contribution >= 4 is 11.0 Å². The fourth-order valence-electron chi connectivity index (χ4n) is 2.30. The Labute approximate surface area is 111 Å². The number of hydrogen-bond acceptors (Lipinski definition) is 1. The molecule has 0 aliphatic rings. The Kier molecular flexibility index (Phi) is 2.75. The number of aromatic amines is 1. The van der Waals surface area contributed by atoms with Crippen molar-refractivity contribution in [2.45, 2.75) is 20.4 Å². The summed E-state index contributed by atoms with van der Waals surface area (Å²) in [7, 11) is 0. The summed E-state index contributed by atoms with van der Waals surface area (Å²) in [6.45, 7) is 4.70. The number of nitrogens with zero attached hydrogens (tertiary/aromatic N) is 1. The Morgan fingerprint density at radius 2 is 1.68 bits per heavy atom. The molecule has 0 radical (unpaired) electrons. The number of aromatic nitrogens is 2. The second-order valence-electron chi connectivity index (χ2n) is 5.02. The minimum absolute atomic E-state index is 0.0545. The van der Waals surface area contributed by atoms with Crippen LogP contribution < -0.4 is 5.69 Å². The van der Waals surface area contributed by atoms with Gasteiger partial charge in [-0.1, -0.05) is 35.9 Å². The summed E-state index contributed by atoms with van der Waals surface area (Å²) in [4.78, 5) is 14.9. The third-order valence-corrected chi connectivity index (χ3v) is 3.39. The molecule has 0 aliphatic heterocycles. The highest BCUT2D eigenvalue weighted by atomic mass is 16.1. The summed E-state index contributed by atoms with van der Waals surface area (Å²) in [6, 6.07) is 14.3. The monoisotopic (exact) mass is 252 g/mol. The second kappa shape index (κ2) is 4.43. The zero-order valence-electron chi connectivity index (χ0n) is 11.1. The van der Waals surface area contributed by atoms with Crippen LogP contribution in [0, 0.1) is 13.8 Å². The normalized spacial score (nSPS) is 11.1. The lowest BCUT2D eigenvalue weighted by Crippen LogP contribution is -2.17. The first-order valence-electron chi connectivity index (χ1n) is 6.38. The van der Waals surface area contributed by atoms with Gasteiger partial charge in [0.15, 0.2) is 0 Å². The van der Waals surface area contributed by atoms with Crippen LogP contribution in [0.4, 0.5) is 0 Å². The Morgan fingerprint density at radius 1 is 1.00 bits per heavy atom. The summed E-state index contributed by atoms with van der Waals surface area (Å²) in [5.41, 5.74) is 5.32. The van der Waals surface area contributed by atoms with E-state index in [4.69, 9.17) is 0 Å². The molecular formula is C16H16N2O. The number of H-pyrrole nitrogens is 1. The first kappa shape index (κ1) is 11.8. The smallest absolute Gasteiger partial charge is 0.306 e. The number of nitrogens with one attached hydrogen (secondary N) is 1. The summed E-state index contributed by atoms with van der Waals surface area (Å²) in [5.74, 6) is 0. The molecule has 96 valence electrons. The van der Waals surface area contributed by atoms with Crippen LogP contribution in [0.1, 0.15) is 16.7 Å². The van der Waals surface area contributed by atoms with E-state index in [1.807, 2.05) is 25.1 Å². The SMILES string of the molecule is Cc1ccc(Cn2c(=O)[nH]c3ccc(C)cc32)cc1. The molecule has 1 aromatic heterocycles. The van der Waals surface area contributed by atoms with E-state index >= 15 is 0 Å². The highest BCUT2D eigenvalue weighted by molar-refractivity contribution is 5.76. The predicted octanol–water partition coefficient (Wildman–Crippen LogP) is 2.99. The standard InChI is InChI=1S/C16H16N2O/c1-11-3-6-13(7-4-11)10-18-15-9-12(2)5-8-14(15)17-16(18)19/h3-9H,10H2,1-2H3,(H,17,19). The number of fused-ring (bicyclic) bond motifs is 1. The topological polar surface area (TPSA) is 37.8 Å². The van der Waals surface area contributed by atoms with Gasteiger partial charge in [-0.25, -0.2) is 4.79 Å². The lowest BCUT2D eigenvalue weighted by Gasteiger charge is -2.04. The van der Waals surface area contributed by atoms with Crippen LogP contribution >= 0.6 is 0 Å². The molecule has 0 unspecified atom stereocenters. The van der Waals surface area contributed by atoms with E-state index in [-0.39, 0.29) is 5.69 Å². The molecule has 3 nitrogen and oxygen atoms in total. The van der Waals surface area contributed by atoms with Crippen molar-refractivity contribution in [3.8, 4) is 0 Å². The molecule has 1 heterocycles. The third kappa shape index (κ3) is 2.19. The molecule has 0 aliphatic carbocycles. The van der Waals surface area contributed by atoms with E-state index < -0.39 is 0 Å². The molecule has 0 saturated carbocycles. The van der Waals surface area contributed by atoms with E-state index in [2.05, 4.69) is 36.2 Å². The molecule has 1 N–H and O–H groups in total. The Balaban J connectivity index is 2.09. The average molecular weight is 252 g/mol. The highest BCUT2D eigenvalue weighted by Crippen LogP contribution is 2.14. The molecule has 3 heteroatoms. The van der Waals surface area contributed by atoms with Crippen molar-refractivity contribution < 1.29 is 0 Å². The van der Waals surface area contributed by atoms with E-state index in [0.717, 1.165) is 22.2 Å². The van der Waals surface area contributed by atoms with Crippen LogP contribution in [-0.4, -0.2) is 9.55 Å². The molecular weight excluding hydrogens is 236 g/mol. The quantitative estimate of drug-likeness (QED) is 0.748. The van der Waals surface area contributed by atoms with Crippen LogP contribution in [0.25, 0.3) is 11.0 Å². The summed E-state index contributed by atoms with van der Waals surface area (Å²) in [6.07, 6.45) is 0. The largest absolute Gasteiger partial charge is 0.326 e. The second-order valence-corrected chi connectivity index (χ2v) is 5.02. The van der Waals surface area contributed by atoms with E-state index in [9.17, 15) is 4.79 Å². The van der Waals surface area contributed by atoms with Gasteiger partial charge in [0.25, 0.3) is 0 Å². The first-order valence-corrected chi connectivity index (χ1v) is 6.38. The first-order chi connectivity index (χ1) is 9.13. The van der Waals surface area contributed by atoms with E-state index in [1.54, 1.807) is 4.57 Å². The Morgan fingerprint density at radius 3 is 2.42 bits per heavy atom. The van der Waals surface area contributed by atoms with Crippen molar-refractivity contribution in [1.29, 1.82) is 0 Å². The third-order valence-electron chi connectivity index (χ3n) is 3.39. The van der Waals surface area contributed by atoms with Gasteiger partial charge in [0, 0.05) is 0 Å². The van der Waals surface area contributed by atoms with Crippen LogP contribution in [0.2, 0.25) is 0 Å². The number of imidazole rings is 1. The number of hydrogen-bond donors (Lipinski definition) is 1. The van der Waals surface area contributed by atoms with Crippen molar-refractivity contribution in [3.63, 3.8) is 0 Å². The van der Waals surface area contributed by atoms with Gasteiger partial charge in [-0.05, 0) is 37.1 Å². The number of aryl methyl sites for hydroxylation is 2. The van der Waals surface area contributed by atoms with Gasteiger partial charge in [-0.2, -0.15) is 0 Å². The predicted molar refractivity (Wildman–Crippen MR) is 77.6 cm³/mol.